The number of nitrogens with zero attached hydrogens (tertiary/aromatic N) is 1. The first-order valence-electron chi connectivity index (χ1n) is 6.09. The van der Waals surface area contributed by atoms with Crippen LogP contribution in [0.2, 0.25) is 0 Å². The number of imidazole rings is 1. The van der Waals surface area contributed by atoms with Crippen LogP contribution >= 0.6 is 11.8 Å². The van der Waals surface area contributed by atoms with Crippen LogP contribution in [0.5, 0.6) is 5.75 Å². The van der Waals surface area contributed by atoms with Gasteiger partial charge in [-0.3, -0.25) is 0 Å². The monoisotopic (exact) mass is 270 g/mol. The molecular formula is C15H14N2OS. The Morgan fingerprint density at radius 2 is 2.00 bits per heavy atom. The number of benzene rings is 2. The maximum atomic E-state index is 9.68. The number of aromatic hydroxyl groups is 1. The van der Waals surface area contributed by atoms with Crippen LogP contribution in [0.25, 0.3) is 11.0 Å². The molecule has 0 spiro atoms. The van der Waals surface area contributed by atoms with Crippen molar-refractivity contribution in [3.8, 4) is 5.75 Å². The Labute approximate surface area is 115 Å². The van der Waals surface area contributed by atoms with Crippen molar-refractivity contribution in [3.63, 3.8) is 0 Å². The topological polar surface area (TPSA) is 48.9 Å². The number of nitrogens with one attached hydrogen (secondary N) is 1. The predicted molar refractivity (Wildman–Crippen MR) is 78.5 cm³/mol. The van der Waals surface area contributed by atoms with Crippen LogP contribution in [0, 0.1) is 6.92 Å². The zero-order valence-corrected chi connectivity index (χ0v) is 11.4. The number of thioether (sulfide) groups is 1. The Balaban J connectivity index is 1.80. The van der Waals surface area contributed by atoms with Gasteiger partial charge in [-0.05, 0) is 36.2 Å². The molecule has 0 aliphatic rings. The highest BCUT2D eigenvalue weighted by atomic mass is 32.2. The number of rotatable bonds is 3. The molecule has 1 heterocycles. The lowest BCUT2D eigenvalue weighted by Crippen LogP contribution is -1.87. The van der Waals surface area contributed by atoms with Gasteiger partial charge in [0.2, 0.25) is 0 Å². The average molecular weight is 270 g/mol. The van der Waals surface area contributed by atoms with E-state index in [0.717, 1.165) is 33.1 Å². The third-order valence-corrected chi connectivity index (χ3v) is 4.07. The standard InChI is InChI=1S/C15H14N2OS/c1-10-11(5-4-8-14(10)18)9-19-15-16-12-6-2-3-7-13(12)17-15/h2-8,18H,9H2,1H3,(H,16,17). The van der Waals surface area contributed by atoms with Gasteiger partial charge in [0.05, 0.1) is 11.0 Å². The smallest absolute Gasteiger partial charge is 0.166 e. The van der Waals surface area contributed by atoms with Crippen LogP contribution in [-0.4, -0.2) is 15.1 Å². The summed E-state index contributed by atoms with van der Waals surface area (Å²) in [4.78, 5) is 7.81. The molecule has 0 aliphatic carbocycles. The van der Waals surface area contributed by atoms with E-state index in [1.165, 1.54) is 0 Å². The number of hydrogen-bond donors (Lipinski definition) is 2. The number of aromatic nitrogens is 2. The summed E-state index contributed by atoms with van der Waals surface area (Å²) in [6, 6.07) is 13.6. The largest absolute Gasteiger partial charge is 0.508 e. The van der Waals surface area contributed by atoms with Crippen molar-refractivity contribution >= 4 is 22.8 Å². The SMILES string of the molecule is Cc1c(O)cccc1CSc1nc2ccccc2[nH]1. The van der Waals surface area contributed by atoms with Gasteiger partial charge in [0.1, 0.15) is 5.75 Å². The Morgan fingerprint density at radius 3 is 2.84 bits per heavy atom. The maximum Gasteiger partial charge on any atom is 0.166 e. The summed E-state index contributed by atoms with van der Waals surface area (Å²) in [7, 11) is 0. The molecule has 0 radical (unpaired) electrons. The Hall–Kier alpha value is -1.94. The highest BCUT2D eigenvalue weighted by molar-refractivity contribution is 7.98. The Morgan fingerprint density at radius 1 is 1.16 bits per heavy atom. The molecule has 2 aromatic carbocycles. The van der Waals surface area contributed by atoms with E-state index in [2.05, 4.69) is 9.97 Å². The molecule has 2 N–H and O–H groups in total. The molecule has 1 aromatic heterocycles. The minimum atomic E-state index is 0.350. The first kappa shape index (κ1) is 12.1. The fraction of sp³-hybridized carbons (Fsp3) is 0.133. The minimum Gasteiger partial charge on any atom is -0.508 e. The molecule has 0 atom stereocenters. The van der Waals surface area contributed by atoms with E-state index in [-0.39, 0.29) is 0 Å². The van der Waals surface area contributed by atoms with Crippen molar-refractivity contribution in [2.75, 3.05) is 0 Å². The first-order valence-corrected chi connectivity index (χ1v) is 7.07. The van der Waals surface area contributed by atoms with Gasteiger partial charge in [0.25, 0.3) is 0 Å². The van der Waals surface area contributed by atoms with Gasteiger partial charge in [-0.2, -0.15) is 0 Å². The lowest BCUT2D eigenvalue weighted by Gasteiger charge is -2.05. The van der Waals surface area contributed by atoms with Gasteiger partial charge < -0.3 is 10.1 Å². The predicted octanol–water partition coefficient (Wildman–Crippen LogP) is 3.87. The van der Waals surface area contributed by atoms with Crippen molar-refractivity contribution < 1.29 is 5.11 Å². The van der Waals surface area contributed by atoms with Crippen molar-refractivity contribution in [1.29, 1.82) is 0 Å². The molecule has 3 rings (SSSR count). The zero-order chi connectivity index (χ0) is 13.2. The number of para-hydroxylation sites is 2. The molecule has 0 saturated heterocycles. The molecule has 3 aromatic rings. The number of fused-ring (bicyclic) bond motifs is 1. The Kier molecular flexibility index (Phi) is 3.17. The molecule has 0 amide bonds. The van der Waals surface area contributed by atoms with Crippen molar-refractivity contribution in [2.45, 2.75) is 17.8 Å². The molecule has 3 nitrogen and oxygen atoms in total. The van der Waals surface area contributed by atoms with Crippen LogP contribution in [0.4, 0.5) is 0 Å². The average Bonchev–Trinajstić information content (AvgIpc) is 2.83. The van der Waals surface area contributed by atoms with Crippen LogP contribution in [0.1, 0.15) is 11.1 Å². The summed E-state index contributed by atoms with van der Waals surface area (Å²) in [5.74, 6) is 1.14. The quantitative estimate of drug-likeness (QED) is 0.710. The normalized spacial score (nSPS) is 11.0. The Bertz CT molecular complexity index is 688. The van der Waals surface area contributed by atoms with Gasteiger partial charge >= 0.3 is 0 Å². The lowest BCUT2D eigenvalue weighted by molar-refractivity contribution is 0.470. The minimum absolute atomic E-state index is 0.350. The number of H-pyrrole nitrogens is 1. The summed E-state index contributed by atoms with van der Waals surface area (Å²) in [6.07, 6.45) is 0. The highest BCUT2D eigenvalue weighted by Crippen LogP contribution is 2.27. The number of phenolic OH excluding ortho intramolecular Hbond substituents is 1. The van der Waals surface area contributed by atoms with E-state index in [4.69, 9.17) is 0 Å². The molecule has 0 aliphatic heterocycles. The van der Waals surface area contributed by atoms with Crippen LogP contribution in [0.3, 0.4) is 0 Å². The summed E-state index contributed by atoms with van der Waals surface area (Å²) in [6.45, 7) is 1.93. The second kappa shape index (κ2) is 4.97. The van der Waals surface area contributed by atoms with Gasteiger partial charge in [-0.25, -0.2) is 4.98 Å². The van der Waals surface area contributed by atoms with Crippen molar-refractivity contribution in [1.82, 2.24) is 9.97 Å². The molecule has 0 saturated carbocycles. The zero-order valence-electron chi connectivity index (χ0n) is 10.6. The number of phenols is 1. The third-order valence-electron chi connectivity index (χ3n) is 3.15. The molecule has 0 fully saturated rings. The molecule has 0 bridgehead atoms. The van der Waals surface area contributed by atoms with Crippen LogP contribution in [-0.2, 0) is 5.75 Å². The van der Waals surface area contributed by atoms with Gasteiger partial charge in [-0.15, -0.1) is 0 Å². The molecule has 4 heteroatoms. The molecular weight excluding hydrogens is 256 g/mol. The van der Waals surface area contributed by atoms with Gasteiger partial charge in [0, 0.05) is 5.75 Å². The van der Waals surface area contributed by atoms with E-state index < -0.39 is 0 Å². The van der Waals surface area contributed by atoms with Crippen molar-refractivity contribution in [2.24, 2.45) is 0 Å². The molecule has 96 valence electrons. The second-order valence-corrected chi connectivity index (χ2v) is 5.37. The molecule has 0 unspecified atom stereocenters. The fourth-order valence-corrected chi connectivity index (χ4v) is 2.92. The number of hydrogen-bond acceptors (Lipinski definition) is 3. The highest BCUT2D eigenvalue weighted by Gasteiger charge is 2.06. The summed E-state index contributed by atoms with van der Waals surface area (Å²) in [5.41, 5.74) is 4.10. The van der Waals surface area contributed by atoms with Crippen LogP contribution < -0.4 is 0 Å². The van der Waals surface area contributed by atoms with E-state index in [0.29, 0.717) is 5.75 Å². The first-order chi connectivity index (χ1) is 9.24. The van der Waals surface area contributed by atoms with E-state index in [1.807, 2.05) is 43.3 Å². The molecule has 19 heavy (non-hydrogen) atoms. The van der Waals surface area contributed by atoms with E-state index in [1.54, 1.807) is 17.8 Å². The maximum absolute atomic E-state index is 9.68. The summed E-state index contributed by atoms with van der Waals surface area (Å²) >= 11 is 1.64. The van der Waals surface area contributed by atoms with E-state index in [9.17, 15) is 5.11 Å². The lowest BCUT2D eigenvalue weighted by atomic mass is 10.1. The summed E-state index contributed by atoms with van der Waals surface area (Å²) < 4.78 is 0. The second-order valence-electron chi connectivity index (χ2n) is 4.41. The number of aromatic amines is 1. The van der Waals surface area contributed by atoms with Crippen molar-refractivity contribution in [3.05, 3.63) is 53.6 Å². The fourth-order valence-electron chi connectivity index (χ4n) is 1.97. The van der Waals surface area contributed by atoms with Crippen LogP contribution in [0.15, 0.2) is 47.6 Å². The summed E-state index contributed by atoms with van der Waals surface area (Å²) in [5, 5.41) is 10.6. The third kappa shape index (κ3) is 2.44. The van der Waals surface area contributed by atoms with Gasteiger partial charge in [0.15, 0.2) is 5.16 Å². The van der Waals surface area contributed by atoms with Gasteiger partial charge in [-0.1, -0.05) is 36.0 Å². The van der Waals surface area contributed by atoms with E-state index >= 15 is 0 Å².